The van der Waals surface area contributed by atoms with Crippen molar-refractivity contribution in [2.75, 3.05) is 28.4 Å². The van der Waals surface area contributed by atoms with Crippen LogP contribution in [-0.2, 0) is 14.3 Å². The van der Waals surface area contributed by atoms with Gasteiger partial charge in [-0.3, -0.25) is 4.79 Å². The molecule has 0 radical (unpaired) electrons. The highest BCUT2D eigenvalue weighted by atomic mass is 16.5. The van der Waals surface area contributed by atoms with E-state index in [1.54, 1.807) is 16.8 Å². The number of fused-ring (bicyclic) bond motifs is 1. The molecule has 2 aromatic carbocycles. The zero-order valence-electron chi connectivity index (χ0n) is 18.3. The number of para-hydroxylation sites is 1. The van der Waals surface area contributed by atoms with Crippen molar-refractivity contribution in [3.05, 3.63) is 42.0 Å². The SMILES string of the molecule is COC(=O)C1CCC(=O)N1C(c1cc(OC)c(OC)c(OC)c1)n1nnc2ccccc21. The lowest BCUT2D eigenvalue weighted by Crippen LogP contribution is -2.44. The summed E-state index contributed by atoms with van der Waals surface area (Å²) in [6.07, 6.45) is -0.234. The van der Waals surface area contributed by atoms with Crippen LogP contribution in [0.1, 0.15) is 24.6 Å². The van der Waals surface area contributed by atoms with E-state index in [-0.39, 0.29) is 12.3 Å². The molecular weight excluding hydrogens is 416 g/mol. The fraction of sp³-hybridized carbons (Fsp3) is 0.364. The lowest BCUT2D eigenvalue weighted by molar-refractivity contribution is -0.151. The van der Waals surface area contributed by atoms with Gasteiger partial charge >= 0.3 is 5.97 Å². The van der Waals surface area contributed by atoms with Gasteiger partial charge in [-0.1, -0.05) is 17.3 Å². The quantitative estimate of drug-likeness (QED) is 0.515. The molecule has 1 amide bonds. The Morgan fingerprint density at radius 3 is 2.38 bits per heavy atom. The van der Waals surface area contributed by atoms with Crippen molar-refractivity contribution < 1.29 is 28.5 Å². The Hall–Kier alpha value is -3.82. The fourth-order valence-corrected chi connectivity index (χ4v) is 4.11. The normalized spacial score (nSPS) is 16.8. The smallest absolute Gasteiger partial charge is 0.328 e. The number of aromatic nitrogens is 3. The van der Waals surface area contributed by atoms with E-state index in [1.165, 1.54) is 33.3 Å². The van der Waals surface area contributed by atoms with Crippen LogP contribution in [0.5, 0.6) is 17.2 Å². The maximum atomic E-state index is 13.1. The molecule has 1 aromatic heterocycles. The molecule has 4 rings (SSSR count). The van der Waals surface area contributed by atoms with Crippen LogP contribution in [-0.4, -0.2) is 66.3 Å². The molecular formula is C22H24N4O6. The molecule has 2 heterocycles. The minimum atomic E-state index is -0.796. The number of amides is 1. The van der Waals surface area contributed by atoms with Gasteiger partial charge in [-0.05, 0) is 30.7 Å². The molecule has 1 fully saturated rings. The van der Waals surface area contributed by atoms with Crippen molar-refractivity contribution >= 4 is 22.9 Å². The van der Waals surface area contributed by atoms with Crippen molar-refractivity contribution in [3.8, 4) is 17.2 Å². The number of benzene rings is 2. The zero-order chi connectivity index (χ0) is 22.8. The highest BCUT2D eigenvalue weighted by Gasteiger charge is 2.43. The van der Waals surface area contributed by atoms with Gasteiger partial charge in [0.25, 0.3) is 0 Å². The molecule has 3 aromatic rings. The maximum Gasteiger partial charge on any atom is 0.328 e. The molecule has 0 bridgehead atoms. The van der Waals surface area contributed by atoms with E-state index >= 15 is 0 Å². The van der Waals surface area contributed by atoms with Crippen molar-refractivity contribution in [2.24, 2.45) is 0 Å². The van der Waals surface area contributed by atoms with Crippen molar-refractivity contribution in [2.45, 2.75) is 25.0 Å². The maximum absolute atomic E-state index is 13.1. The summed E-state index contributed by atoms with van der Waals surface area (Å²) < 4.78 is 23.1. The summed E-state index contributed by atoms with van der Waals surface area (Å²) in [5.74, 6) is 0.560. The van der Waals surface area contributed by atoms with Gasteiger partial charge in [0, 0.05) is 12.0 Å². The number of ether oxygens (including phenoxy) is 4. The summed E-state index contributed by atoms with van der Waals surface area (Å²) in [7, 11) is 5.85. The Morgan fingerprint density at radius 1 is 1.06 bits per heavy atom. The van der Waals surface area contributed by atoms with E-state index in [1.807, 2.05) is 24.3 Å². The summed E-state index contributed by atoms with van der Waals surface area (Å²) in [5, 5.41) is 8.57. The van der Waals surface area contributed by atoms with Crippen LogP contribution < -0.4 is 14.2 Å². The lowest BCUT2D eigenvalue weighted by atomic mass is 10.1. The van der Waals surface area contributed by atoms with Gasteiger partial charge in [0.1, 0.15) is 11.6 Å². The standard InChI is InChI=1S/C22H24N4O6/c1-29-17-11-13(12-18(30-2)20(17)31-3)21(25-16(22(28)32-4)9-10-19(25)27)26-15-8-6-5-7-14(15)23-24-26/h5-8,11-12,16,21H,9-10H2,1-4H3. The first kappa shape index (κ1) is 21.4. The fourth-order valence-electron chi connectivity index (χ4n) is 4.11. The molecule has 10 nitrogen and oxygen atoms in total. The number of hydrogen-bond donors (Lipinski definition) is 0. The highest BCUT2D eigenvalue weighted by Crippen LogP contribution is 2.42. The van der Waals surface area contributed by atoms with Gasteiger partial charge in [0.2, 0.25) is 11.7 Å². The summed E-state index contributed by atoms with van der Waals surface area (Å²) in [5.41, 5.74) is 1.97. The largest absolute Gasteiger partial charge is 0.493 e. The predicted octanol–water partition coefficient (Wildman–Crippen LogP) is 2.17. The van der Waals surface area contributed by atoms with Crippen LogP contribution in [0.4, 0.5) is 0 Å². The second-order valence-electron chi connectivity index (χ2n) is 7.23. The lowest BCUT2D eigenvalue weighted by Gasteiger charge is -2.33. The molecule has 10 heteroatoms. The molecule has 1 aliphatic rings. The molecule has 1 aliphatic heterocycles. The van der Waals surface area contributed by atoms with Crippen LogP contribution >= 0.6 is 0 Å². The third-order valence-electron chi connectivity index (χ3n) is 5.59. The Bertz CT molecular complexity index is 1140. The third-order valence-corrected chi connectivity index (χ3v) is 5.59. The number of rotatable bonds is 7. The molecule has 0 saturated carbocycles. The average Bonchev–Trinajstić information content (AvgIpc) is 3.42. The van der Waals surface area contributed by atoms with Crippen molar-refractivity contribution in [1.29, 1.82) is 0 Å². The van der Waals surface area contributed by atoms with Gasteiger partial charge in [-0.15, -0.1) is 5.10 Å². The molecule has 2 unspecified atom stereocenters. The number of likely N-dealkylation sites (tertiary alicyclic amines) is 1. The second kappa shape index (κ2) is 8.74. The molecule has 32 heavy (non-hydrogen) atoms. The van der Waals surface area contributed by atoms with Crippen molar-refractivity contribution in [3.63, 3.8) is 0 Å². The van der Waals surface area contributed by atoms with E-state index in [2.05, 4.69) is 10.3 Å². The number of nitrogens with zero attached hydrogens (tertiary/aromatic N) is 4. The molecule has 2 atom stereocenters. The monoisotopic (exact) mass is 440 g/mol. The minimum Gasteiger partial charge on any atom is -0.493 e. The average molecular weight is 440 g/mol. The van der Waals surface area contributed by atoms with Gasteiger partial charge in [0.15, 0.2) is 17.7 Å². The van der Waals surface area contributed by atoms with Gasteiger partial charge in [-0.25, -0.2) is 9.48 Å². The minimum absolute atomic E-state index is 0.196. The molecule has 168 valence electrons. The topological polar surface area (TPSA) is 105 Å². The van der Waals surface area contributed by atoms with Crippen LogP contribution in [0, 0.1) is 0 Å². The second-order valence-corrected chi connectivity index (χ2v) is 7.23. The van der Waals surface area contributed by atoms with Crippen LogP contribution in [0.2, 0.25) is 0 Å². The molecule has 0 aliphatic carbocycles. The van der Waals surface area contributed by atoms with Crippen LogP contribution in [0.3, 0.4) is 0 Å². The molecule has 0 N–H and O–H groups in total. The third kappa shape index (κ3) is 3.47. The number of methoxy groups -OCH3 is 4. The van der Waals surface area contributed by atoms with E-state index in [4.69, 9.17) is 18.9 Å². The van der Waals surface area contributed by atoms with Gasteiger partial charge in [0.05, 0.1) is 34.0 Å². The Balaban J connectivity index is 1.97. The Kier molecular flexibility index (Phi) is 5.85. The zero-order valence-corrected chi connectivity index (χ0v) is 18.3. The van der Waals surface area contributed by atoms with Gasteiger partial charge < -0.3 is 23.8 Å². The van der Waals surface area contributed by atoms with E-state index in [0.717, 1.165) is 0 Å². The van der Waals surface area contributed by atoms with E-state index < -0.39 is 18.2 Å². The number of carbonyl (C=O) groups is 2. The van der Waals surface area contributed by atoms with Crippen LogP contribution in [0.25, 0.3) is 11.0 Å². The highest BCUT2D eigenvalue weighted by molar-refractivity contribution is 5.89. The number of carbonyl (C=O) groups excluding carboxylic acids is 2. The first-order chi connectivity index (χ1) is 15.5. The first-order valence-corrected chi connectivity index (χ1v) is 10.0. The molecule has 1 saturated heterocycles. The predicted molar refractivity (Wildman–Crippen MR) is 114 cm³/mol. The van der Waals surface area contributed by atoms with E-state index in [0.29, 0.717) is 40.3 Å². The Morgan fingerprint density at radius 2 is 1.75 bits per heavy atom. The summed E-state index contributed by atoms with van der Waals surface area (Å²) in [6.45, 7) is 0. The van der Waals surface area contributed by atoms with E-state index in [9.17, 15) is 9.59 Å². The number of hydrogen-bond acceptors (Lipinski definition) is 8. The number of esters is 1. The van der Waals surface area contributed by atoms with Gasteiger partial charge in [-0.2, -0.15) is 0 Å². The summed E-state index contributed by atoms with van der Waals surface area (Å²) in [6, 6.07) is 10.1. The molecule has 0 spiro atoms. The summed E-state index contributed by atoms with van der Waals surface area (Å²) >= 11 is 0. The van der Waals surface area contributed by atoms with Crippen LogP contribution in [0.15, 0.2) is 36.4 Å². The summed E-state index contributed by atoms with van der Waals surface area (Å²) in [4.78, 5) is 27.1. The Labute approximate surface area is 184 Å². The van der Waals surface area contributed by atoms with Crippen molar-refractivity contribution in [1.82, 2.24) is 19.9 Å². The first-order valence-electron chi connectivity index (χ1n) is 10.0.